The van der Waals surface area contributed by atoms with E-state index in [1.165, 1.54) is 13.2 Å². The minimum Gasteiger partial charge on any atom is -0.497 e. The number of carbonyl (C=O) groups is 1. The smallest absolute Gasteiger partial charge is 0.303 e. The van der Waals surface area contributed by atoms with Gasteiger partial charge < -0.3 is 9.84 Å². The predicted octanol–water partition coefficient (Wildman–Crippen LogP) is 6.20. The van der Waals surface area contributed by atoms with E-state index in [1.54, 1.807) is 12.1 Å². The third-order valence-electron chi connectivity index (χ3n) is 7.28. The topological polar surface area (TPSA) is 62.7 Å². The van der Waals surface area contributed by atoms with Crippen LogP contribution < -0.4 is 4.74 Å². The molecule has 1 aliphatic rings. The maximum atomic E-state index is 15.5. The molecule has 1 N–H and O–H groups in total. The molecule has 3 aromatic rings. The van der Waals surface area contributed by atoms with E-state index >= 15 is 4.39 Å². The molecular formula is C29H27F5N2O3. The Hall–Kier alpha value is -3.71. The molecule has 1 aromatic heterocycles. The molecule has 2 heterocycles. The number of halogens is 5. The van der Waals surface area contributed by atoms with E-state index < -0.39 is 46.4 Å². The molecule has 1 aliphatic heterocycles. The number of pyridine rings is 1. The third kappa shape index (κ3) is 6.66. The van der Waals surface area contributed by atoms with Crippen molar-refractivity contribution in [2.75, 3.05) is 26.7 Å². The van der Waals surface area contributed by atoms with Crippen LogP contribution in [0.5, 0.6) is 5.75 Å². The Morgan fingerprint density at radius 3 is 2.46 bits per heavy atom. The second-order valence-electron chi connectivity index (χ2n) is 9.80. The van der Waals surface area contributed by atoms with Crippen molar-refractivity contribution in [1.82, 2.24) is 9.88 Å². The molecule has 39 heavy (non-hydrogen) atoms. The van der Waals surface area contributed by atoms with Gasteiger partial charge in [0.05, 0.1) is 37.4 Å². The summed E-state index contributed by atoms with van der Waals surface area (Å²) >= 11 is 0. The van der Waals surface area contributed by atoms with Crippen molar-refractivity contribution >= 4 is 16.9 Å². The van der Waals surface area contributed by atoms with Crippen molar-refractivity contribution in [3.63, 3.8) is 0 Å². The molecule has 0 amide bonds. The summed E-state index contributed by atoms with van der Waals surface area (Å²) in [5, 5.41) is 9.85. The molecule has 0 radical (unpaired) electrons. The molecule has 10 heteroatoms. The summed E-state index contributed by atoms with van der Waals surface area (Å²) in [5.74, 6) is 0.522. The Morgan fingerprint density at radius 1 is 1.13 bits per heavy atom. The SMILES string of the molecule is COc1ccc2ncc(F)c([C@@H](F)CCC3(CC(=O)O)CCN(CC#Cc4c(F)cc(F)cc4F)CC3)c2c1. The number of rotatable bonds is 8. The normalized spacial score (nSPS) is 15.9. The van der Waals surface area contributed by atoms with E-state index in [-0.39, 0.29) is 31.4 Å². The lowest BCUT2D eigenvalue weighted by Gasteiger charge is -2.41. The van der Waals surface area contributed by atoms with E-state index in [0.717, 1.165) is 6.20 Å². The van der Waals surface area contributed by atoms with Gasteiger partial charge in [-0.15, -0.1) is 0 Å². The Balaban J connectivity index is 1.44. The molecule has 0 saturated carbocycles. The van der Waals surface area contributed by atoms with Crippen LogP contribution in [0, 0.1) is 40.5 Å². The number of nitrogens with zero attached hydrogens (tertiary/aromatic N) is 2. The van der Waals surface area contributed by atoms with Gasteiger partial charge in [0, 0.05) is 23.1 Å². The minimum absolute atomic E-state index is 0.0799. The van der Waals surface area contributed by atoms with Crippen molar-refractivity contribution in [2.45, 2.75) is 38.3 Å². The van der Waals surface area contributed by atoms with Crippen molar-refractivity contribution in [3.05, 3.63) is 70.9 Å². The van der Waals surface area contributed by atoms with Crippen LogP contribution >= 0.6 is 0 Å². The Labute approximate surface area is 222 Å². The fraction of sp³-hybridized carbons (Fsp3) is 0.379. The van der Waals surface area contributed by atoms with E-state index in [1.807, 2.05) is 4.90 Å². The second-order valence-corrected chi connectivity index (χ2v) is 9.80. The van der Waals surface area contributed by atoms with Crippen molar-refractivity contribution in [1.29, 1.82) is 0 Å². The Kier molecular flexibility index (Phi) is 8.70. The number of aliphatic carboxylic acids is 1. The van der Waals surface area contributed by atoms with Crippen LogP contribution in [-0.4, -0.2) is 47.7 Å². The molecule has 2 aromatic carbocycles. The van der Waals surface area contributed by atoms with Gasteiger partial charge in [0.15, 0.2) is 0 Å². The Bertz CT molecular complexity index is 1400. The number of fused-ring (bicyclic) bond motifs is 1. The van der Waals surface area contributed by atoms with Crippen LogP contribution in [0.15, 0.2) is 36.5 Å². The average molecular weight is 547 g/mol. The monoisotopic (exact) mass is 546 g/mol. The van der Waals surface area contributed by atoms with Gasteiger partial charge in [0.2, 0.25) is 0 Å². The van der Waals surface area contributed by atoms with Crippen molar-refractivity contribution < 1.29 is 36.6 Å². The second kappa shape index (κ2) is 12.0. The maximum absolute atomic E-state index is 15.5. The Morgan fingerprint density at radius 2 is 1.82 bits per heavy atom. The minimum atomic E-state index is -1.68. The number of hydrogen-bond acceptors (Lipinski definition) is 4. The summed E-state index contributed by atoms with van der Waals surface area (Å²) in [7, 11) is 1.45. The summed E-state index contributed by atoms with van der Waals surface area (Å²) in [6.45, 7) is 1.05. The zero-order chi connectivity index (χ0) is 28.2. The van der Waals surface area contributed by atoms with Gasteiger partial charge >= 0.3 is 5.97 Å². The molecule has 0 unspecified atom stereocenters. The number of piperidine rings is 1. The third-order valence-corrected chi connectivity index (χ3v) is 7.28. The lowest BCUT2D eigenvalue weighted by molar-refractivity contribution is -0.141. The zero-order valence-corrected chi connectivity index (χ0v) is 21.2. The quantitative estimate of drug-likeness (QED) is 0.269. The molecule has 4 rings (SSSR count). The van der Waals surface area contributed by atoms with Crippen LogP contribution in [0.25, 0.3) is 10.9 Å². The molecule has 0 spiro atoms. The largest absolute Gasteiger partial charge is 0.497 e. The highest BCUT2D eigenvalue weighted by atomic mass is 19.2. The average Bonchev–Trinajstić information content (AvgIpc) is 2.89. The fourth-order valence-electron chi connectivity index (χ4n) is 5.11. The summed E-state index contributed by atoms with van der Waals surface area (Å²) in [4.78, 5) is 17.6. The lowest BCUT2D eigenvalue weighted by atomic mass is 9.71. The first-order chi connectivity index (χ1) is 18.6. The molecule has 1 saturated heterocycles. The number of aromatic nitrogens is 1. The number of likely N-dealkylation sites (tertiary alicyclic amines) is 1. The van der Waals surface area contributed by atoms with Crippen LogP contribution in [0.1, 0.15) is 49.4 Å². The first-order valence-electron chi connectivity index (χ1n) is 12.4. The van der Waals surface area contributed by atoms with E-state index in [4.69, 9.17) is 4.74 Å². The summed E-state index contributed by atoms with van der Waals surface area (Å²) in [5.41, 5.74) is -0.926. The molecule has 206 valence electrons. The predicted molar refractivity (Wildman–Crippen MR) is 135 cm³/mol. The van der Waals surface area contributed by atoms with Crippen molar-refractivity contribution in [3.8, 4) is 17.6 Å². The number of carboxylic acids is 1. The number of methoxy groups -OCH3 is 1. The van der Waals surface area contributed by atoms with E-state index in [0.29, 0.717) is 54.7 Å². The highest BCUT2D eigenvalue weighted by molar-refractivity contribution is 5.84. The molecule has 1 atom stereocenters. The molecule has 0 aliphatic carbocycles. The fourth-order valence-corrected chi connectivity index (χ4v) is 5.11. The number of ether oxygens (including phenoxy) is 1. The van der Waals surface area contributed by atoms with Gasteiger partial charge in [-0.25, -0.2) is 22.0 Å². The zero-order valence-electron chi connectivity index (χ0n) is 21.2. The van der Waals surface area contributed by atoms with Gasteiger partial charge in [0.1, 0.15) is 35.2 Å². The molecular weight excluding hydrogens is 519 g/mol. The maximum Gasteiger partial charge on any atom is 0.303 e. The number of benzene rings is 2. The van der Waals surface area contributed by atoms with Gasteiger partial charge in [-0.3, -0.25) is 14.7 Å². The highest BCUT2D eigenvalue weighted by Gasteiger charge is 2.37. The van der Waals surface area contributed by atoms with Crippen molar-refractivity contribution in [2.24, 2.45) is 5.41 Å². The van der Waals surface area contributed by atoms with Crippen LogP contribution in [0.3, 0.4) is 0 Å². The first-order valence-corrected chi connectivity index (χ1v) is 12.4. The molecule has 1 fully saturated rings. The van der Waals surface area contributed by atoms with Crippen LogP contribution in [0.4, 0.5) is 22.0 Å². The van der Waals surface area contributed by atoms with Crippen LogP contribution in [0.2, 0.25) is 0 Å². The number of alkyl halides is 1. The van der Waals surface area contributed by atoms with Crippen LogP contribution in [-0.2, 0) is 4.79 Å². The standard InChI is InChI=1S/C29H27F5N2O3/c1-39-19-4-5-26-21(15-19)28(25(34)17-35-26)22(31)6-7-29(16-27(37)38)8-11-36(12-9-29)10-2-3-20-23(32)13-18(30)14-24(20)33/h4-5,13-15,17,22H,6-12,16H2,1H3,(H,37,38)/t22-/m0/s1. The highest BCUT2D eigenvalue weighted by Crippen LogP contribution is 2.43. The van der Waals surface area contributed by atoms with Gasteiger partial charge in [0.25, 0.3) is 0 Å². The summed E-state index contributed by atoms with van der Waals surface area (Å²) < 4.78 is 76.1. The lowest BCUT2D eigenvalue weighted by Crippen LogP contribution is -2.41. The first kappa shape index (κ1) is 28.3. The number of hydrogen-bond donors (Lipinski definition) is 1. The van der Waals surface area contributed by atoms with E-state index in [2.05, 4.69) is 16.8 Å². The van der Waals surface area contributed by atoms with Gasteiger partial charge in [-0.05, 0) is 62.4 Å². The number of carboxylic acid groups (broad SMARTS) is 1. The summed E-state index contributed by atoms with van der Waals surface area (Å²) in [6.07, 6.45) is 0.132. The summed E-state index contributed by atoms with van der Waals surface area (Å²) in [6, 6.07) is 5.92. The van der Waals surface area contributed by atoms with Gasteiger partial charge in [-0.1, -0.05) is 11.8 Å². The molecule has 5 nitrogen and oxygen atoms in total. The van der Waals surface area contributed by atoms with Gasteiger partial charge in [-0.2, -0.15) is 0 Å². The van der Waals surface area contributed by atoms with E-state index in [9.17, 15) is 27.5 Å². The molecule has 0 bridgehead atoms.